The van der Waals surface area contributed by atoms with Crippen molar-refractivity contribution < 1.29 is 0 Å². The van der Waals surface area contributed by atoms with Crippen molar-refractivity contribution in [3.8, 4) is 0 Å². The maximum absolute atomic E-state index is 4.53. The van der Waals surface area contributed by atoms with E-state index in [1.807, 2.05) is 30.3 Å². The van der Waals surface area contributed by atoms with Gasteiger partial charge in [-0.3, -0.25) is 0 Å². The normalized spacial score (nSPS) is 10.3. The van der Waals surface area contributed by atoms with E-state index in [1.54, 1.807) is 0 Å². The van der Waals surface area contributed by atoms with Crippen molar-refractivity contribution in [3.63, 3.8) is 0 Å². The maximum Gasteiger partial charge on any atom is 0.233 e. The molecule has 0 spiro atoms. The lowest BCUT2D eigenvalue weighted by atomic mass is 10.3. The maximum atomic E-state index is 4.53. The van der Waals surface area contributed by atoms with Crippen LogP contribution in [0.25, 0.3) is 0 Å². The molecule has 6 heteroatoms. The predicted octanol–water partition coefficient (Wildman–Crippen LogP) is 3.28. The molecule has 0 unspecified atom stereocenters. The first-order chi connectivity index (χ1) is 10.8. The van der Waals surface area contributed by atoms with Gasteiger partial charge in [-0.2, -0.15) is 15.0 Å². The molecule has 2 rings (SSSR count). The molecule has 2 aromatic rings. The van der Waals surface area contributed by atoms with E-state index in [2.05, 4.69) is 51.3 Å². The van der Waals surface area contributed by atoms with Crippen molar-refractivity contribution in [2.75, 3.05) is 35.2 Å². The van der Waals surface area contributed by atoms with Gasteiger partial charge in [0.2, 0.25) is 17.8 Å². The zero-order valence-corrected chi connectivity index (χ0v) is 13.5. The van der Waals surface area contributed by atoms with Crippen LogP contribution in [0.15, 0.2) is 30.3 Å². The Labute approximate surface area is 132 Å². The Morgan fingerprint density at radius 2 is 1.59 bits per heavy atom. The molecule has 0 saturated carbocycles. The molecule has 0 amide bonds. The van der Waals surface area contributed by atoms with E-state index in [-0.39, 0.29) is 0 Å². The molecule has 0 radical (unpaired) electrons. The average Bonchev–Trinajstić information content (AvgIpc) is 2.55. The molecule has 2 N–H and O–H groups in total. The number of nitrogens with one attached hydrogen (secondary N) is 2. The molecular weight excluding hydrogens is 276 g/mol. The zero-order valence-electron chi connectivity index (χ0n) is 13.5. The Hall–Kier alpha value is -2.37. The van der Waals surface area contributed by atoms with E-state index in [0.717, 1.165) is 31.7 Å². The highest BCUT2D eigenvalue weighted by Gasteiger charge is 2.11. The molecule has 0 atom stereocenters. The van der Waals surface area contributed by atoms with Gasteiger partial charge in [0.1, 0.15) is 0 Å². The smallest absolute Gasteiger partial charge is 0.233 e. The monoisotopic (exact) mass is 300 g/mol. The first-order valence-electron chi connectivity index (χ1n) is 7.83. The van der Waals surface area contributed by atoms with Gasteiger partial charge in [-0.25, -0.2) is 0 Å². The highest BCUT2D eigenvalue weighted by molar-refractivity contribution is 5.55. The second-order valence-corrected chi connectivity index (χ2v) is 4.87. The molecule has 0 bridgehead atoms. The first kappa shape index (κ1) is 16.0. The van der Waals surface area contributed by atoms with Gasteiger partial charge in [0, 0.05) is 25.3 Å². The summed E-state index contributed by atoms with van der Waals surface area (Å²) in [5, 5.41) is 6.47. The van der Waals surface area contributed by atoms with Gasteiger partial charge < -0.3 is 15.5 Å². The standard InChI is InChI=1S/C16H24N6/c1-4-12-17-14-19-15(18-13-10-8-7-9-11-13)21-16(20-14)22(5-2)6-3/h7-11H,4-6,12H2,1-3H3,(H2,17,18,19,20,21). The van der Waals surface area contributed by atoms with E-state index >= 15 is 0 Å². The molecule has 1 aromatic heterocycles. The Balaban J connectivity index is 2.28. The second-order valence-electron chi connectivity index (χ2n) is 4.87. The van der Waals surface area contributed by atoms with Crippen molar-refractivity contribution in [2.45, 2.75) is 27.2 Å². The quantitative estimate of drug-likeness (QED) is 0.780. The summed E-state index contributed by atoms with van der Waals surface area (Å²) in [6.45, 7) is 8.86. The third-order valence-corrected chi connectivity index (χ3v) is 3.23. The number of benzene rings is 1. The lowest BCUT2D eigenvalue weighted by Crippen LogP contribution is -2.25. The van der Waals surface area contributed by atoms with E-state index in [9.17, 15) is 0 Å². The Morgan fingerprint density at radius 1 is 0.909 bits per heavy atom. The molecule has 6 nitrogen and oxygen atoms in total. The van der Waals surface area contributed by atoms with Crippen LogP contribution < -0.4 is 15.5 Å². The largest absolute Gasteiger partial charge is 0.354 e. The summed E-state index contributed by atoms with van der Waals surface area (Å²) < 4.78 is 0. The van der Waals surface area contributed by atoms with Gasteiger partial charge in [-0.15, -0.1) is 0 Å². The fourth-order valence-corrected chi connectivity index (χ4v) is 2.03. The van der Waals surface area contributed by atoms with E-state index in [1.165, 1.54) is 0 Å². The van der Waals surface area contributed by atoms with E-state index in [0.29, 0.717) is 17.8 Å². The third kappa shape index (κ3) is 4.31. The fraction of sp³-hybridized carbons (Fsp3) is 0.438. The third-order valence-electron chi connectivity index (χ3n) is 3.23. The van der Waals surface area contributed by atoms with Crippen molar-refractivity contribution in [1.29, 1.82) is 0 Å². The second kappa shape index (κ2) is 8.17. The molecular formula is C16H24N6. The molecule has 118 valence electrons. The van der Waals surface area contributed by atoms with Gasteiger partial charge >= 0.3 is 0 Å². The summed E-state index contributed by atoms with van der Waals surface area (Å²) in [4.78, 5) is 15.6. The topological polar surface area (TPSA) is 66.0 Å². The van der Waals surface area contributed by atoms with Crippen molar-refractivity contribution in [3.05, 3.63) is 30.3 Å². The summed E-state index contributed by atoms with van der Waals surface area (Å²) in [5.41, 5.74) is 0.959. The Bertz CT molecular complexity index is 568. The molecule has 1 heterocycles. The van der Waals surface area contributed by atoms with Crippen molar-refractivity contribution >= 4 is 23.5 Å². The van der Waals surface area contributed by atoms with Crippen LogP contribution in [0.4, 0.5) is 23.5 Å². The fourth-order valence-electron chi connectivity index (χ4n) is 2.03. The van der Waals surface area contributed by atoms with Gasteiger partial charge in [-0.05, 0) is 32.4 Å². The minimum atomic E-state index is 0.557. The van der Waals surface area contributed by atoms with Gasteiger partial charge in [-0.1, -0.05) is 25.1 Å². The SMILES string of the molecule is CCCNc1nc(Nc2ccccc2)nc(N(CC)CC)n1. The lowest BCUT2D eigenvalue weighted by Gasteiger charge is -2.19. The number of nitrogens with zero attached hydrogens (tertiary/aromatic N) is 4. The summed E-state index contributed by atoms with van der Waals surface area (Å²) in [7, 11) is 0. The molecule has 0 saturated heterocycles. The van der Waals surface area contributed by atoms with Gasteiger partial charge in [0.15, 0.2) is 0 Å². The number of hydrogen-bond acceptors (Lipinski definition) is 6. The van der Waals surface area contributed by atoms with E-state index < -0.39 is 0 Å². The van der Waals surface area contributed by atoms with Crippen LogP contribution in [-0.4, -0.2) is 34.6 Å². The van der Waals surface area contributed by atoms with Crippen LogP contribution in [0.5, 0.6) is 0 Å². The molecule has 22 heavy (non-hydrogen) atoms. The van der Waals surface area contributed by atoms with Crippen molar-refractivity contribution in [2.24, 2.45) is 0 Å². The number of para-hydroxylation sites is 1. The van der Waals surface area contributed by atoms with Crippen LogP contribution in [0.1, 0.15) is 27.2 Å². The Morgan fingerprint density at radius 3 is 2.23 bits per heavy atom. The number of anilines is 4. The van der Waals surface area contributed by atoms with Crippen LogP contribution in [0, 0.1) is 0 Å². The minimum Gasteiger partial charge on any atom is -0.354 e. The molecule has 0 aliphatic heterocycles. The number of hydrogen-bond donors (Lipinski definition) is 2. The highest BCUT2D eigenvalue weighted by atomic mass is 15.3. The number of aromatic nitrogens is 3. The average molecular weight is 300 g/mol. The van der Waals surface area contributed by atoms with Crippen LogP contribution >= 0.6 is 0 Å². The summed E-state index contributed by atoms with van der Waals surface area (Å²) in [6.07, 6.45) is 1.02. The summed E-state index contributed by atoms with van der Waals surface area (Å²) >= 11 is 0. The van der Waals surface area contributed by atoms with Gasteiger partial charge in [0.05, 0.1) is 0 Å². The predicted molar refractivity (Wildman–Crippen MR) is 91.9 cm³/mol. The summed E-state index contributed by atoms with van der Waals surface area (Å²) in [6, 6.07) is 9.91. The van der Waals surface area contributed by atoms with Crippen molar-refractivity contribution in [1.82, 2.24) is 15.0 Å². The van der Waals surface area contributed by atoms with Crippen LogP contribution in [0.2, 0.25) is 0 Å². The zero-order chi connectivity index (χ0) is 15.8. The lowest BCUT2D eigenvalue weighted by molar-refractivity contribution is 0.812. The Kier molecular flexibility index (Phi) is 5.94. The molecule has 0 aliphatic rings. The van der Waals surface area contributed by atoms with Gasteiger partial charge in [0.25, 0.3) is 0 Å². The highest BCUT2D eigenvalue weighted by Crippen LogP contribution is 2.17. The van der Waals surface area contributed by atoms with Crippen LogP contribution in [0.3, 0.4) is 0 Å². The first-order valence-corrected chi connectivity index (χ1v) is 7.83. The molecule has 0 aliphatic carbocycles. The molecule has 1 aromatic carbocycles. The van der Waals surface area contributed by atoms with E-state index in [4.69, 9.17) is 0 Å². The molecule has 0 fully saturated rings. The number of rotatable bonds is 8. The minimum absolute atomic E-state index is 0.557. The summed E-state index contributed by atoms with van der Waals surface area (Å²) in [5.74, 6) is 1.86. The van der Waals surface area contributed by atoms with Crippen LogP contribution in [-0.2, 0) is 0 Å².